The van der Waals surface area contributed by atoms with Crippen LogP contribution in [0.4, 0.5) is 0 Å². The maximum Gasteiger partial charge on any atom is 0.345 e. The first kappa shape index (κ1) is 10.3. The number of thiophene rings is 1. The van der Waals surface area contributed by atoms with E-state index in [2.05, 4.69) is 0 Å². The first-order valence-electron chi connectivity index (χ1n) is 5.36. The van der Waals surface area contributed by atoms with Gasteiger partial charge in [0.05, 0.1) is 13.2 Å². The Morgan fingerprint density at radius 1 is 1.44 bits per heavy atom. The lowest BCUT2D eigenvalue weighted by Crippen LogP contribution is -2.30. The highest BCUT2D eigenvalue weighted by Crippen LogP contribution is 2.45. The quantitative estimate of drug-likeness (QED) is 0.815. The maximum absolute atomic E-state index is 11.0. The molecular formula is C11H12O4S. The van der Waals surface area contributed by atoms with Crippen molar-refractivity contribution in [3.8, 4) is 0 Å². The van der Waals surface area contributed by atoms with Gasteiger partial charge in [0, 0.05) is 16.9 Å². The number of carboxylic acid groups (broad SMARTS) is 1. The van der Waals surface area contributed by atoms with Crippen molar-refractivity contribution in [3.05, 3.63) is 21.4 Å². The lowest BCUT2D eigenvalue weighted by molar-refractivity contribution is -0.175. The predicted molar refractivity (Wildman–Crippen MR) is 57.8 cm³/mol. The van der Waals surface area contributed by atoms with Crippen LogP contribution in [0.1, 0.15) is 33.0 Å². The first-order chi connectivity index (χ1) is 7.71. The number of carboxylic acids is 1. The number of hydrogen-bond acceptors (Lipinski definition) is 4. The van der Waals surface area contributed by atoms with Gasteiger partial charge in [-0.25, -0.2) is 4.79 Å². The van der Waals surface area contributed by atoms with Gasteiger partial charge in [-0.3, -0.25) is 0 Å². The van der Waals surface area contributed by atoms with E-state index in [0.29, 0.717) is 18.1 Å². The molecule has 1 aliphatic carbocycles. The Morgan fingerprint density at radius 2 is 2.19 bits per heavy atom. The van der Waals surface area contributed by atoms with Crippen molar-refractivity contribution < 1.29 is 19.4 Å². The van der Waals surface area contributed by atoms with Crippen LogP contribution in [0.5, 0.6) is 0 Å². The molecular weight excluding hydrogens is 228 g/mol. The number of fused-ring (bicyclic) bond motifs is 2. The minimum Gasteiger partial charge on any atom is -0.477 e. The zero-order valence-corrected chi connectivity index (χ0v) is 9.51. The zero-order valence-electron chi connectivity index (χ0n) is 8.69. The largest absolute Gasteiger partial charge is 0.477 e. The molecule has 4 nitrogen and oxygen atoms in total. The van der Waals surface area contributed by atoms with E-state index in [1.165, 1.54) is 11.3 Å². The van der Waals surface area contributed by atoms with E-state index in [1.807, 2.05) is 0 Å². The summed E-state index contributed by atoms with van der Waals surface area (Å²) in [5.74, 6) is -1.51. The summed E-state index contributed by atoms with van der Waals surface area (Å²) in [4.78, 5) is 12.4. The molecule has 0 amide bonds. The summed E-state index contributed by atoms with van der Waals surface area (Å²) < 4.78 is 11.4. The van der Waals surface area contributed by atoms with Gasteiger partial charge in [0.15, 0.2) is 5.79 Å². The highest BCUT2D eigenvalue weighted by atomic mass is 32.1. The standard InChI is InChI=1S/C11H12O4S/c12-10(13)9-6-7-8(16-9)2-1-3-11(7)14-4-5-15-11/h6H,1-5H2,(H,12,13). The third kappa shape index (κ3) is 1.39. The van der Waals surface area contributed by atoms with Crippen LogP contribution in [0.15, 0.2) is 6.07 Å². The van der Waals surface area contributed by atoms with E-state index in [9.17, 15) is 4.79 Å². The summed E-state index contributed by atoms with van der Waals surface area (Å²) in [7, 11) is 0. The molecule has 0 radical (unpaired) electrons. The third-order valence-electron chi connectivity index (χ3n) is 3.09. The van der Waals surface area contributed by atoms with Gasteiger partial charge in [-0.05, 0) is 18.9 Å². The SMILES string of the molecule is O=C(O)c1cc2c(s1)CCCC21OCCO1. The molecule has 2 aliphatic rings. The lowest BCUT2D eigenvalue weighted by atomic mass is 9.92. The predicted octanol–water partition coefficient (Wildman–Crippen LogP) is 1.98. The molecule has 1 aliphatic heterocycles. The van der Waals surface area contributed by atoms with Gasteiger partial charge < -0.3 is 14.6 Å². The van der Waals surface area contributed by atoms with Gasteiger partial charge in [0.1, 0.15) is 4.88 Å². The number of rotatable bonds is 1. The molecule has 1 aromatic rings. The third-order valence-corrected chi connectivity index (χ3v) is 4.28. The van der Waals surface area contributed by atoms with Crippen molar-refractivity contribution >= 4 is 17.3 Å². The van der Waals surface area contributed by atoms with E-state index >= 15 is 0 Å². The van der Waals surface area contributed by atoms with E-state index in [4.69, 9.17) is 14.6 Å². The van der Waals surface area contributed by atoms with Crippen molar-refractivity contribution in [1.82, 2.24) is 0 Å². The molecule has 86 valence electrons. The summed E-state index contributed by atoms with van der Waals surface area (Å²) in [6.07, 6.45) is 2.75. The van der Waals surface area contributed by atoms with E-state index < -0.39 is 11.8 Å². The molecule has 5 heteroatoms. The fraction of sp³-hybridized carbons (Fsp3) is 0.545. The Labute approximate surface area is 96.8 Å². The Bertz CT molecular complexity index is 431. The van der Waals surface area contributed by atoms with Crippen LogP contribution in [0.25, 0.3) is 0 Å². The summed E-state index contributed by atoms with van der Waals surface area (Å²) in [5, 5.41) is 8.99. The van der Waals surface area contributed by atoms with Gasteiger partial charge in [0.25, 0.3) is 0 Å². The molecule has 1 spiro atoms. The Hall–Kier alpha value is -0.910. The molecule has 2 heterocycles. The zero-order chi connectivity index (χ0) is 11.2. The molecule has 1 fully saturated rings. The molecule has 1 aromatic heterocycles. The van der Waals surface area contributed by atoms with Crippen LogP contribution in [0, 0.1) is 0 Å². The minimum absolute atomic E-state index is 0.380. The first-order valence-corrected chi connectivity index (χ1v) is 6.17. The van der Waals surface area contributed by atoms with Crippen molar-refractivity contribution in [1.29, 1.82) is 0 Å². The molecule has 1 saturated heterocycles. The van der Waals surface area contributed by atoms with Gasteiger partial charge in [-0.15, -0.1) is 11.3 Å². The lowest BCUT2D eigenvalue weighted by Gasteiger charge is -2.31. The summed E-state index contributed by atoms with van der Waals surface area (Å²) in [6.45, 7) is 1.19. The number of aryl methyl sites for hydroxylation is 1. The van der Waals surface area contributed by atoms with Gasteiger partial charge >= 0.3 is 5.97 Å². The van der Waals surface area contributed by atoms with Crippen LogP contribution in [0.2, 0.25) is 0 Å². The summed E-state index contributed by atoms with van der Waals surface area (Å²) in [5.41, 5.74) is 0.943. The fourth-order valence-electron chi connectivity index (χ4n) is 2.41. The van der Waals surface area contributed by atoms with Crippen LogP contribution in [0.3, 0.4) is 0 Å². The molecule has 16 heavy (non-hydrogen) atoms. The number of hydrogen-bond donors (Lipinski definition) is 1. The average molecular weight is 240 g/mol. The number of carbonyl (C=O) groups is 1. The molecule has 0 aromatic carbocycles. The summed E-state index contributed by atoms with van der Waals surface area (Å²) in [6, 6.07) is 1.72. The maximum atomic E-state index is 11.0. The van der Waals surface area contributed by atoms with Crippen LogP contribution >= 0.6 is 11.3 Å². The van der Waals surface area contributed by atoms with Crippen LogP contribution in [-0.4, -0.2) is 24.3 Å². The number of ether oxygens (including phenoxy) is 2. The molecule has 0 atom stereocenters. The smallest absolute Gasteiger partial charge is 0.345 e. The second kappa shape index (κ2) is 3.55. The molecule has 0 unspecified atom stereocenters. The molecule has 1 N–H and O–H groups in total. The van der Waals surface area contributed by atoms with Gasteiger partial charge in [-0.2, -0.15) is 0 Å². The van der Waals surface area contributed by atoms with Crippen LogP contribution in [-0.2, 0) is 21.7 Å². The second-order valence-corrected chi connectivity index (χ2v) is 5.19. The monoisotopic (exact) mass is 240 g/mol. The van der Waals surface area contributed by atoms with Gasteiger partial charge in [0.2, 0.25) is 0 Å². The summed E-state index contributed by atoms with van der Waals surface area (Å²) >= 11 is 1.34. The minimum atomic E-state index is -0.868. The Morgan fingerprint density at radius 3 is 2.88 bits per heavy atom. The average Bonchev–Trinajstić information content (AvgIpc) is 2.85. The van der Waals surface area contributed by atoms with E-state index in [0.717, 1.165) is 29.7 Å². The molecule has 3 rings (SSSR count). The second-order valence-electron chi connectivity index (χ2n) is 4.06. The molecule has 0 saturated carbocycles. The normalized spacial score (nSPS) is 22.2. The Balaban J connectivity index is 2.07. The Kier molecular flexibility index (Phi) is 2.27. The highest BCUT2D eigenvalue weighted by Gasteiger charge is 2.43. The van der Waals surface area contributed by atoms with E-state index in [1.54, 1.807) is 6.07 Å². The van der Waals surface area contributed by atoms with Crippen molar-refractivity contribution in [3.63, 3.8) is 0 Å². The van der Waals surface area contributed by atoms with Crippen molar-refractivity contribution in [2.45, 2.75) is 25.0 Å². The van der Waals surface area contributed by atoms with Crippen molar-refractivity contribution in [2.24, 2.45) is 0 Å². The van der Waals surface area contributed by atoms with Crippen LogP contribution < -0.4 is 0 Å². The highest BCUT2D eigenvalue weighted by molar-refractivity contribution is 7.14. The molecule has 0 bridgehead atoms. The van der Waals surface area contributed by atoms with Crippen molar-refractivity contribution in [2.75, 3.05) is 13.2 Å². The van der Waals surface area contributed by atoms with Gasteiger partial charge in [-0.1, -0.05) is 0 Å². The van der Waals surface area contributed by atoms with E-state index in [-0.39, 0.29) is 0 Å². The number of aromatic carboxylic acids is 1. The topological polar surface area (TPSA) is 55.8 Å². The fourth-order valence-corrected chi connectivity index (χ4v) is 3.51.